The van der Waals surface area contributed by atoms with E-state index >= 15 is 0 Å². The number of Topliss-reactive ketones (excluding diaryl/α,β-unsaturated/α-hetero) is 1. The van der Waals surface area contributed by atoms with Gasteiger partial charge in [-0.15, -0.1) is 11.3 Å². The van der Waals surface area contributed by atoms with Gasteiger partial charge in [0.2, 0.25) is 5.78 Å². The molecule has 0 unspecified atom stereocenters. The summed E-state index contributed by atoms with van der Waals surface area (Å²) >= 11 is 1.16. The Labute approximate surface area is 164 Å². The molecule has 2 heterocycles. The van der Waals surface area contributed by atoms with E-state index < -0.39 is 16.3 Å². The molecular formula is C18H23N4O3S2. The Morgan fingerprint density at radius 1 is 1.26 bits per heavy atom. The van der Waals surface area contributed by atoms with Crippen molar-refractivity contribution in [1.82, 2.24) is 18.9 Å². The van der Waals surface area contributed by atoms with Gasteiger partial charge in [0.15, 0.2) is 5.01 Å². The number of thiazole rings is 1. The van der Waals surface area contributed by atoms with Crippen LogP contribution in [0.1, 0.15) is 21.8 Å². The Hall–Kier alpha value is -1.65. The largest absolute Gasteiger partial charge is 0.305 e. The summed E-state index contributed by atoms with van der Waals surface area (Å²) in [7, 11) is -1.81. The molecule has 1 fully saturated rings. The normalized spacial score (nSPS) is 18.1. The molecule has 1 aliphatic heterocycles. The lowest BCUT2D eigenvalue weighted by atomic mass is 10.0. The third kappa shape index (κ3) is 5.43. The van der Waals surface area contributed by atoms with Crippen LogP contribution in [0.5, 0.6) is 0 Å². The molecule has 1 N–H and O–H groups in total. The van der Waals surface area contributed by atoms with Crippen molar-refractivity contribution in [2.24, 2.45) is 0 Å². The third-order valence-corrected chi connectivity index (χ3v) is 6.88. The minimum Gasteiger partial charge on any atom is -0.305 e. The highest BCUT2D eigenvalue weighted by atomic mass is 32.2. The first-order chi connectivity index (χ1) is 13.0. The fourth-order valence-corrected chi connectivity index (χ4v) is 4.98. The minimum absolute atomic E-state index is 0.259. The average molecular weight is 408 g/mol. The maximum absolute atomic E-state index is 12.9. The van der Waals surface area contributed by atoms with Crippen molar-refractivity contribution in [3.63, 3.8) is 0 Å². The number of ketones is 1. The molecule has 27 heavy (non-hydrogen) atoms. The lowest BCUT2D eigenvalue weighted by Crippen LogP contribution is -2.50. The molecule has 1 atom stereocenters. The van der Waals surface area contributed by atoms with Crippen LogP contribution in [-0.2, 0) is 16.6 Å². The predicted octanol–water partition coefficient (Wildman–Crippen LogP) is 1.21. The molecule has 0 spiro atoms. The number of carbonyl (C=O) groups excluding carboxylic acids is 1. The molecule has 1 aromatic heterocycles. The molecule has 0 bridgehead atoms. The number of hydrogen-bond acceptors (Lipinski definition) is 6. The van der Waals surface area contributed by atoms with Crippen molar-refractivity contribution in [3.05, 3.63) is 52.5 Å². The van der Waals surface area contributed by atoms with Gasteiger partial charge in [0, 0.05) is 25.0 Å². The smallest absolute Gasteiger partial charge is 0.280 e. The molecule has 0 saturated carbocycles. The first kappa shape index (κ1) is 20.1. The molecule has 2 aromatic rings. The first-order valence-electron chi connectivity index (χ1n) is 8.81. The topological polar surface area (TPSA) is 82.6 Å². The summed E-state index contributed by atoms with van der Waals surface area (Å²) in [6, 6.07) is 8.47. The Morgan fingerprint density at radius 3 is 2.74 bits per heavy atom. The Balaban J connectivity index is 1.80. The van der Waals surface area contributed by atoms with Crippen molar-refractivity contribution in [2.45, 2.75) is 18.9 Å². The van der Waals surface area contributed by atoms with Crippen LogP contribution < -0.4 is 4.72 Å². The van der Waals surface area contributed by atoms with Crippen molar-refractivity contribution in [2.75, 3.05) is 33.2 Å². The zero-order valence-electron chi connectivity index (χ0n) is 15.2. The average Bonchev–Trinajstić information content (AvgIpc) is 3.09. The molecule has 1 aliphatic rings. The maximum Gasteiger partial charge on any atom is 0.280 e. The minimum atomic E-state index is -3.78. The summed E-state index contributed by atoms with van der Waals surface area (Å²) in [4.78, 5) is 18.9. The van der Waals surface area contributed by atoms with Crippen LogP contribution in [0.2, 0.25) is 0 Å². The third-order valence-electron chi connectivity index (χ3n) is 4.51. The summed E-state index contributed by atoms with van der Waals surface area (Å²) in [5.74, 6) is -0.333. The maximum atomic E-state index is 12.9. The van der Waals surface area contributed by atoms with Gasteiger partial charge in [-0.05, 0) is 32.0 Å². The van der Waals surface area contributed by atoms with Crippen molar-refractivity contribution >= 4 is 27.3 Å². The number of benzene rings is 1. The molecule has 1 saturated heterocycles. The molecule has 0 amide bonds. The molecular weight excluding hydrogens is 384 g/mol. The molecule has 1 radical (unpaired) electrons. The number of likely N-dealkylation sites (N-methyl/N-ethyl adjacent to an activating group) is 1. The summed E-state index contributed by atoms with van der Waals surface area (Å²) < 4.78 is 29.9. The standard InChI is InChI=1S/C18H23N4O3S2/c1-21-9-5-10-22(12-11-21)27(24,25)20-16(14-15-6-3-2-4-7-15)17(23)18-19-8-13-26-18/h2-4,6-7,13,16,20H,5,9-12,14H2,1H3/t16-/m0/s1. The van der Waals surface area contributed by atoms with Crippen LogP contribution in [0.15, 0.2) is 35.7 Å². The molecule has 1 aromatic carbocycles. The van der Waals surface area contributed by atoms with E-state index in [9.17, 15) is 13.2 Å². The van der Waals surface area contributed by atoms with Crippen molar-refractivity contribution in [3.8, 4) is 0 Å². The Bertz CT molecular complexity index is 841. The van der Waals surface area contributed by atoms with Crippen LogP contribution in [0.3, 0.4) is 0 Å². The zero-order chi connectivity index (χ0) is 19.3. The second-order valence-electron chi connectivity index (χ2n) is 6.57. The van der Waals surface area contributed by atoms with Gasteiger partial charge in [0.25, 0.3) is 10.2 Å². The number of nitrogens with one attached hydrogen (secondary N) is 1. The van der Waals surface area contributed by atoms with Gasteiger partial charge in [-0.2, -0.15) is 17.4 Å². The summed E-state index contributed by atoms with van der Waals surface area (Å²) in [6.07, 6.45) is 3.65. The van der Waals surface area contributed by atoms with Gasteiger partial charge in [-0.3, -0.25) is 4.79 Å². The quantitative estimate of drug-likeness (QED) is 0.698. The van der Waals surface area contributed by atoms with Gasteiger partial charge in [-0.1, -0.05) is 30.3 Å². The second kappa shape index (κ2) is 9.03. The van der Waals surface area contributed by atoms with Gasteiger partial charge in [-0.25, -0.2) is 4.98 Å². The van der Waals surface area contributed by atoms with E-state index in [0.717, 1.165) is 29.9 Å². The van der Waals surface area contributed by atoms with E-state index in [-0.39, 0.29) is 17.2 Å². The lowest BCUT2D eigenvalue weighted by Gasteiger charge is -2.24. The van der Waals surface area contributed by atoms with Crippen LogP contribution in [0, 0.1) is 6.20 Å². The lowest BCUT2D eigenvalue weighted by molar-refractivity contribution is 0.0951. The van der Waals surface area contributed by atoms with E-state index in [4.69, 9.17) is 0 Å². The number of carbonyl (C=O) groups is 1. The second-order valence-corrected chi connectivity index (χ2v) is 9.13. The number of aromatic nitrogens is 1. The van der Waals surface area contributed by atoms with E-state index in [1.165, 1.54) is 4.31 Å². The number of rotatable bonds is 7. The molecule has 145 valence electrons. The molecule has 3 rings (SSSR count). The summed E-state index contributed by atoms with van der Waals surface area (Å²) in [5.41, 5.74) is 0.884. The number of hydrogen-bond donors (Lipinski definition) is 1. The monoisotopic (exact) mass is 407 g/mol. The van der Waals surface area contributed by atoms with Gasteiger partial charge >= 0.3 is 0 Å². The zero-order valence-corrected chi connectivity index (χ0v) is 16.8. The SMILES string of the molecule is CN1CCCN(S(=O)(=O)N[C@@H](Cc2ccccc2)C(=O)c2n[c]cs2)CC1. The van der Waals surface area contributed by atoms with E-state index in [1.807, 2.05) is 37.4 Å². The molecule has 9 heteroatoms. The van der Waals surface area contributed by atoms with E-state index in [0.29, 0.717) is 19.6 Å². The van der Waals surface area contributed by atoms with Crippen LogP contribution >= 0.6 is 11.3 Å². The fraction of sp³-hybridized carbons (Fsp3) is 0.444. The molecule has 7 nitrogen and oxygen atoms in total. The van der Waals surface area contributed by atoms with E-state index in [1.54, 1.807) is 5.38 Å². The van der Waals surface area contributed by atoms with Crippen LogP contribution in [-0.4, -0.2) is 67.7 Å². The summed E-state index contributed by atoms with van der Waals surface area (Å²) in [5, 5.41) is 1.85. The Morgan fingerprint density at radius 2 is 2.04 bits per heavy atom. The highest BCUT2D eigenvalue weighted by Gasteiger charge is 2.31. The van der Waals surface area contributed by atoms with Gasteiger partial charge < -0.3 is 4.90 Å². The predicted molar refractivity (Wildman–Crippen MR) is 105 cm³/mol. The first-order valence-corrected chi connectivity index (χ1v) is 11.1. The number of nitrogens with zero attached hydrogens (tertiary/aromatic N) is 3. The van der Waals surface area contributed by atoms with Gasteiger partial charge in [0.05, 0.1) is 6.04 Å². The van der Waals surface area contributed by atoms with Crippen LogP contribution in [0.25, 0.3) is 0 Å². The summed E-state index contributed by atoms with van der Waals surface area (Å²) in [6.45, 7) is 2.37. The highest BCUT2D eigenvalue weighted by molar-refractivity contribution is 7.87. The van der Waals surface area contributed by atoms with Gasteiger partial charge in [0.1, 0.15) is 6.20 Å². The van der Waals surface area contributed by atoms with Crippen molar-refractivity contribution < 1.29 is 13.2 Å². The van der Waals surface area contributed by atoms with Crippen molar-refractivity contribution in [1.29, 1.82) is 0 Å². The fourth-order valence-electron chi connectivity index (χ4n) is 3.01. The van der Waals surface area contributed by atoms with E-state index in [2.05, 4.69) is 20.8 Å². The van der Waals surface area contributed by atoms with Crippen LogP contribution in [0.4, 0.5) is 0 Å². The molecule has 0 aliphatic carbocycles. The Kier molecular flexibility index (Phi) is 6.72. The highest BCUT2D eigenvalue weighted by Crippen LogP contribution is 2.14.